The van der Waals surface area contributed by atoms with Crippen molar-refractivity contribution in [3.63, 3.8) is 0 Å². The lowest BCUT2D eigenvalue weighted by atomic mass is 10.1. The van der Waals surface area contributed by atoms with Gasteiger partial charge in [0.15, 0.2) is 0 Å². The first-order valence-electron chi connectivity index (χ1n) is 4.71. The number of carbonyl (C=O) groups excluding carboxylic acids is 1. The Balaban J connectivity index is 3.01. The monoisotopic (exact) mass is 375 g/mol. The Bertz CT molecular complexity index is 439. The summed E-state index contributed by atoms with van der Waals surface area (Å²) in [6.45, 7) is 1.50. The molecule has 0 fully saturated rings. The van der Waals surface area contributed by atoms with Crippen LogP contribution in [0.25, 0.3) is 0 Å². The minimum Gasteiger partial charge on any atom is -0.469 e. The summed E-state index contributed by atoms with van der Waals surface area (Å²) in [5.74, 6) is -1.03. The van der Waals surface area contributed by atoms with E-state index in [0.29, 0.717) is 14.8 Å². The quantitative estimate of drug-likeness (QED) is 0.602. The van der Waals surface area contributed by atoms with E-state index in [9.17, 15) is 18.0 Å². The third-order valence-electron chi connectivity index (χ3n) is 2.02. The van der Waals surface area contributed by atoms with Gasteiger partial charge in [-0.1, -0.05) is 0 Å². The molecule has 0 spiro atoms. The lowest BCUT2D eigenvalue weighted by molar-refractivity contribution is -0.276. The maximum atomic E-state index is 12.0. The van der Waals surface area contributed by atoms with Gasteiger partial charge in [-0.3, -0.25) is 4.79 Å². The molecule has 18 heavy (non-hydrogen) atoms. The van der Waals surface area contributed by atoms with Crippen LogP contribution in [-0.4, -0.2) is 24.4 Å². The molecule has 0 unspecified atom stereocenters. The van der Waals surface area contributed by atoms with Gasteiger partial charge in [-0.05, 0) is 35.1 Å². The number of esters is 1. The van der Waals surface area contributed by atoms with Gasteiger partial charge in [0.05, 0.1) is 13.5 Å². The number of hydrogen-bond donors (Lipinski definition) is 0. The van der Waals surface area contributed by atoms with Gasteiger partial charge in [0.1, 0.15) is 0 Å². The molecule has 0 saturated heterocycles. The predicted molar refractivity (Wildman–Crippen MR) is 64.1 cm³/mol. The molecule has 0 atom stereocenters. The highest BCUT2D eigenvalue weighted by Crippen LogP contribution is 2.26. The molecule has 0 amide bonds. The molecule has 1 aromatic rings. The number of hydrogen-bond acceptors (Lipinski definition) is 4. The van der Waals surface area contributed by atoms with E-state index in [-0.39, 0.29) is 6.42 Å². The van der Waals surface area contributed by atoms with E-state index in [2.05, 4.69) is 14.5 Å². The van der Waals surface area contributed by atoms with Crippen LogP contribution in [0.3, 0.4) is 0 Å². The van der Waals surface area contributed by atoms with Gasteiger partial charge in [0.2, 0.25) is 5.88 Å². The molecule has 1 rings (SSSR count). The summed E-state index contributed by atoms with van der Waals surface area (Å²) in [5, 5.41) is 0. The molecule has 0 aromatic carbocycles. The number of rotatable bonds is 3. The molecule has 1 aromatic heterocycles. The second-order valence-corrected chi connectivity index (χ2v) is 4.47. The first kappa shape index (κ1) is 15.0. The Kier molecular flexibility index (Phi) is 4.77. The van der Waals surface area contributed by atoms with Crippen LogP contribution >= 0.6 is 22.6 Å². The van der Waals surface area contributed by atoms with Crippen LogP contribution in [0.15, 0.2) is 6.07 Å². The van der Waals surface area contributed by atoms with E-state index >= 15 is 0 Å². The fourth-order valence-corrected chi connectivity index (χ4v) is 2.08. The Hall–Kier alpha value is -1.06. The number of carbonyl (C=O) groups is 1. The molecule has 0 bridgehead atoms. The standard InChI is InChI=1S/C10H9F3INO3/c1-5-6(3-9(16)17-2)7(14)4-8(15-5)18-10(11,12)13/h4H,3H2,1-2H3. The second-order valence-electron chi connectivity index (χ2n) is 3.31. The molecule has 0 N–H and O–H groups in total. The fraction of sp³-hybridized carbons (Fsp3) is 0.400. The molecular formula is C10H9F3INO3. The van der Waals surface area contributed by atoms with Crippen molar-refractivity contribution in [3.8, 4) is 5.88 Å². The minimum absolute atomic E-state index is 0.0418. The van der Waals surface area contributed by atoms with Crippen molar-refractivity contribution >= 4 is 28.6 Å². The molecular weight excluding hydrogens is 366 g/mol. The maximum absolute atomic E-state index is 12.0. The zero-order valence-electron chi connectivity index (χ0n) is 9.47. The van der Waals surface area contributed by atoms with Crippen LogP contribution in [0.1, 0.15) is 11.3 Å². The van der Waals surface area contributed by atoms with Crippen molar-refractivity contribution in [2.75, 3.05) is 7.11 Å². The van der Waals surface area contributed by atoms with Crippen molar-refractivity contribution < 1.29 is 27.4 Å². The number of ether oxygens (including phenoxy) is 2. The van der Waals surface area contributed by atoms with Crippen LogP contribution in [-0.2, 0) is 16.0 Å². The molecule has 8 heteroatoms. The lowest BCUT2D eigenvalue weighted by Gasteiger charge is -2.12. The average molecular weight is 375 g/mol. The Morgan fingerprint density at radius 3 is 2.56 bits per heavy atom. The van der Waals surface area contributed by atoms with Crippen molar-refractivity contribution in [3.05, 3.63) is 20.9 Å². The molecule has 0 aliphatic heterocycles. The summed E-state index contributed by atoms with van der Waals surface area (Å²) in [6, 6.07) is 1.12. The van der Waals surface area contributed by atoms with Gasteiger partial charge in [0.25, 0.3) is 0 Å². The number of nitrogens with zero attached hydrogens (tertiary/aromatic N) is 1. The number of aryl methyl sites for hydroxylation is 1. The van der Waals surface area contributed by atoms with Crippen LogP contribution in [0.5, 0.6) is 5.88 Å². The molecule has 0 aliphatic rings. The van der Waals surface area contributed by atoms with Crippen LogP contribution in [0.2, 0.25) is 0 Å². The SMILES string of the molecule is COC(=O)Cc1c(I)cc(OC(F)(F)F)nc1C. The fourth-order valence-electron chi connectivity index (χ4n) is 1.23. The predicted octanol–water partition coefficient (Wildman–Crippen LogP) is 2.61. The molecule has 0 saturated carbocycles. The summed E-state index contributed by atoms with van der Waals surface area (Å²) >= 11 is 1.82. The van der Waals surface area contributed by atoms with Crippen molar-refractivity contribution in [1.82, 2.24) is 4.98 Å². The highest BCUT2D eigenvalue weighted by Gasteiger charge is 2.32. The highest BCUT2D eigenvalue weighted by atomic mass is 127. The van der Waals surface area contributed by atoms with E-state index in [1.54, 1.807) is 0 Å². The van der Waals surface area contributed by atoms with Crippen LogP contribution in [0, 0.1) is 10.5 Å². The van der Waals surface area contributed by atoms with Crippen molar-refractivity contribution in [2.45, 2.75) is 19.7 Å². The van der Waals surface area contributed by atoms with E-state index in [1.807, 2.05) is 22.6 Å². The second kappa shape index (κ2) is 5.72. The van der Waals surface area contributed by atoms with E-state index in [4.69, 9.17) is 0 Å². The third kappa shape index (κ3) is 4.31. The number of pyridine rings is 1. The van der Waals surface area contributed by atoms with Crippen LogP contribution in [0.4, 0.5) is 13.2 Å². The van der Waals surface area contributed by atoms with Gasteiger partial charge in [0, 0.05) is 15.3 Å². The van der Waals surface area contributed by atoms with Gasteiger partial charge in [-0.25, -0.2) is 4.98 Å². The van der Waals surface area contributed by atoms with Crippen molar-refractivity contribution in [1.29, 1.82) is 0 Å². The van der Waals surface area contributed by atoms with Gasteiger partial charge in [-0.15, -0.1) is 13.2 Å². The highest BCUT2D eigenvalue weighted by molar-refractivity contribution is 14.1. The molecule has 4 nitrogen and oxygen atoms in total. The molecule has 100 valence electrons. The maximum Gasteiger partial charge on any atom is 0.574 e. The topological polar surface area (TPSA) is 48.4 Å². The largest absolute Gasteiger partial charge is 0.574 e. The van der Waals surface area contributed by atoms with E-state index in [0.717, 1.165) is 6.07 Å². The first-order valence-corrected chi connectivity index (χ1v) is 5.79. The minimum atomic E-state index is -4.79. The normalized spacial score (nSPS) is 11.2. The van der Waals surface area contributed by atoms with Gasteiger partial charge >= 0.3 is 12.3 Å². The van der Waals surface area contributed by atoms with E-state index < -0.39 is 18.2 Å². The smallest absolute Gasteiger partial charge is 0.469 e. The van der Waals surface area contributed by atoms with Gasteiger partial charge < -0.3 is 9.47 Å². The molecule has 0 aliphatic carbocycles. The average Bonchev–Trinajstić information content (AvgIpc) is 2.20. The number of alkyl halides is 3. The zero-order valence-corrected chi connectivity index (χ0v) is 11.6. The zero-order chi connectivity index (χ0) is 13.9. The number of methoxy groups -OCH3 is 1. The first-order chi connectivity index (χ1) is 8.23. The summed E-state index contributed by atoms with van der Waals surface area (Å²) in [7, 11) is 1.24. The van der Waals surface area contributed by atoms with Crippen LogP contribution < -0.4 is 4.74 Å². The Morgan fingerprint density at radius 1 is 1.50 bits per heavy atom. The molecule has 1 heterocycles. The van der Waals surface area contributed by atoms with E-state index in [1.165, 1.54) is 14.0 Å². The molecule has 0 radical (unpaired) electrons. The Labute approximate surface area is 115 Å². The summed E-state index contributed by atoms with van der Waals surface area (Å²) in [4.78, 5) is 14.8. The lowest BCUT2D eigenvalue weighted by Crippen LogP contribution is -2.19. The summed E-state index contributed by atoms with van der Waals surface area (Å²) in [5.41, 5.74) is 0.823. The number of halogens is 4. The van der Waals surface area contributed by atoms with Gasteiger partial charge in [-0.2, -0.15) is 0 Å². The summed E-state index contributed by atoms with van der Waals surface area (Å²) < 4.78 is 44.8. The number of aromatic nitrogens is 1. The summed E-state index contributed by atoms with van der Waals surface area (Å²) in [6.07, 6.45) is -4.83. The Morgan fingerprint density at radius 2 is 2.11 bits per heavy atom. The van der Waals surface area contributed by atoms with Crippen molar-refractivity contribution in [2.24, 2.45) is 0 Å². The third-order valence-corrected chi connectivity index (χ3v) is 2.98.